The van der Waals surface area contributed by atoms with Gasteiger partial charge in [0.1, 0.15) is 11.2 Å². The van der Waals surface area contributed by atoms with Crippen LogP contribution in [-0.4, -0.2) is 12.2 Å². The van der Waals surface area contributed by atoms with Gasteiger partial charge in [-0.1, -0.05) is 139 Å². The Hall–Kier alpha value is -6.17. The molecule has 0 fully saturated rings. The van der Waals surface area contributed by atoms with Crippen LogP contribution in [0.2, 0.25) is 0 Å². The van der Waals surface area contributed by atoms with E-state index in [1.807, 2.05) is 11.8 Å². The summed E-state index contributed by atoms with van der Waals surface area (Å²) in [7, 11) is 0. The molecule has 0 radical (unpaired) electrons. The second-order valence-corrected chi connectivity index (χ2v) is 15.9. The number of hydrogen-bond donors (Lipinski definition) is 0. The molecule has 0 amide bonds. The second-order valence-electron chi connectivity index (χ2n) is 14.7. The van der Waals surface area contributed by atoms with Gasteiger partial charge in [0.2, 0.25) is 0 Å². The van der Waals surface area contributed by atoms with E-state index in [1.54, 1.807) is 0 Å². The van der Waals surface area contributed by atoms with Crippen LogP contribution in [0.4, 0.5) is 22.7 Å². The molecule has 2 atom stereocenters. The number of hydrogen-bond acceptors (Lipinski definition) is 4. The van der Waals surface area contributed by atoms with Crippen LogP contribution in [0.25, 0.3) is 55.0 Å². The van der Waals surface area contributed by atoms with Crippen LogP contribution >= 0.6 is 11.8 Å². The number of nitrogens with zero attached hydrogens (tertiary/aromatic N) is 2. The van der Waals surface area contributed by atoms with E-state index in [9.17, 15) is 0 Å². The average Bonchev–Trinajstić information content (AvgIpc) is 3.89. The summed E-state index contributed by atoms with van der Waals surface area (Å²) < 4.78 is 6.84. The van der Waals surface area contributed by atoms with Crippen molar-refractivity contribution < 1.29 is 4.42 Å². The largest absolute Gasteiger partial charge is 0.456 e. The van der Waals surface area contributed by atoms with Crippen molar-refractivity contribution in [3.8, 4) is 22.3 Å². The Kier molecular flexibility index (Phi) is 5.49. The molecule has 0 saturated carbocycles. The van der Waals surface area contributed by atoms with Gasteiger partial charge in [-0.05, 0) is 85.9 Å². The first-order chi connectivity index (χ1) is 26.3. The highest BCUT2D eigenvalue weighted by Crippen LogP contribution is 2.62. The Labute approximate surface area is 311 Å². The molecule has 4 aliphatic heterocycles. The number of furan rings is 1. The molecule has 0 saturated heterocycles. The molecule has 0 spiro atoms. The van der Waals surface area contributed by atoms with E-state index in [0.29, 0.717) is 0 Å². The SMILES string of the molecule is c1ccc(-c2ccc(N3B4c5cccc6c5N(c5c4c(cc4oc7ccccc7c54)-c4c3ccc3ccccc43)C3Sc4ccccc4C63)cc2)cc1. The maximum atomic E-state index is 6.84. The molecule has 3 nitrogen and oxygen atoms in total. The molecule has 5 heterocycles. The Balaban J connectivity index is 1.18. The van der Waals surface area contributed by atoms with Crippen LogP contribution in [0.1, 0.15) is 17.0 Å². The minimum absolute atomic E-state index is 0.0421. The Morgan fingerprint density at radius 1 is 0.585 bits per heavy atom. The predicted octanol–water partition coefficient (Wildman–Crippen LogP) is 11.4. The predicted molar refractivity (Wildman–Crippen MR) is 222 cm³/mol. The zero-order valence-corrected chi connectivity index (χ0v) is 29.3. The number of thioether (sulfide) groups is 1. The third-order valence-electron chi connectivity index (χ3n) is 12.2. The van der Waals surface area contributed by atoms with Crippen LogP contribution in [0.3, 0.4) is 0 Å². The molecule has 53 heavy (non-hydrogen) atoms. The molecule has 0 aliphatic carbocycles. The molecule has 5 heteroatoms. The fraction of sp³-hybridized carbons (Fsp3) is 0.0417. The van der Waals surface area contributed by atoms with Crippen LogP contribution in [-0.2, 0) is 0 Å². The lowest BCUT2D eigenvalue weighted by molar-refractivity contribution is 0.669. The van der Waals surface area contributed by atoms with Gasteiger partial charge in [0.25, 0.3) is 0 Å². The smallest absolute Gasteiger partial charge is 0.333 e. The van der Waals surface area contributed by atoms with Crippen molar-refractivity contribution in [3.05, 3.63) is 175 Å². The molecular weight excluding hydrogens is 663 g/mol. The lowest BCUT2D eigenvalue weighted by Crippen LogP contribution is -2.62. The summed E-state index contributed by atoms with van der Waals surface area (Å²) in [5.41, 5.74) is 17.5. The monoisotopic (exact) mass is 692 g/mol. The van der Waals surface area contributed by atoms with Crippen molar-refractivity contribution >= 4 is 85.0 Å². The van der Waals surface area contributed by atoms with Gasteiger partial charge < -0.3 is 14.1 Å². The van der Waals surface area contributed by atoms with Gasteiger partial charge in [-0.2, -0.15) is 0 Å². The van der Waals surface area contributed by atoms with E-state index < -0.39 is 0 Å². The first-order valence-electron chi connectivity index (χ1n) is 18.4. The highest BCUT2D eigenvalue weighted by atomic mass is 32.2. The van der Waals surface area contributed by atoms with Gasteiger partial charge >= 0.3 is 6.85 Å². The highest BCUT2D eigenvalue weighted by molar-refractivity contribution is 8.00. The third kappa shape index (κ3) is 3.63. The third-order valence-corrected chi connectivity index (χ3v) is 13.5. The summed E-state index contributed by atoms with van der Waals surface area (Å²) >= 11 is 2.02. The standard InChI is InChI=1S/C48H29BN2OS/c1-2-11-28(12-3-1)29-21-24-31(25-22-29)51-38-26-23-30-13-4-5-14-32(30)42(38)36-27-40-44(33-15-6-8-19-39(33)52-40)47-45(36)49(51)37-18-10-17-35-43-34-16-7-9-20-41(34)53-48(43)50(47)46(35)37/h1-27,43,48H. The molecule has 8 aromatic carbocycles. The Bertz CT molecular complexity index is 3030. The van der Waals surface area contributed by atoms with Crippen LogP contribution in [0, 0.1) is 0 Å². The Morgan fingerprint density at radius 3 is 2.25 bits per heavy atom. The fourth-order valence-electron chi connectivity index (χ4n) is 10.1. The van der Waals surface area contributed by atoms with Gasteiger partial charge in [-0.15, -0.1) is 0 Å². The molecule has 246 valence electrons. The van der Waals surface area contributed by atoms with Gasteiger partial charge in [0.05, 0.1) is 16.4 Å². The topological polar surface area (TPSA) is 19.6 Å². The summed E-state index contributed by atoms with van der Waals surface area (Å²) in [5, 5.41) is 5.09. The van der Waals surface area contributed by atoms with E-state index in [4.69, 9.17) is 4.42 Å². The zero-order chi connectivity index (χ0) is 34.4. The van der Waals surface area contributed by atoms with E-state index in [0.717, 1.165) is 11.2 Å². The summed E-state index contributed by atoms with van der Waals surface area (Å²) in [4.78, 5) is 6.75. The number of rotatable bonds is 2. The average molecular weight is 693 g/mol. The van der Waals surface area contributed by atoms with Gasteiger partial charge in [-0.25, -0.2) is 0 Å². The van der Waals surface area contributed by atoms with E-state index >= 15 is 0 Å². The fourth-order valence-corrected chi connectivity index (χ4v) is 11.6. The zero-order valence-electron chi connectivity index (χ0n) is 28.5. The van der Waals surface area contributed by atoms with Crippen LogP contribution in [0.5, 0.6) is 0 Å². The number of anilines is 4. The molecule has 0 N–H and O–H groups in total. The van der Waals surface area contributed by atoms with Crippen LogP contribution in [0.15, 0.2) is 173 Å². The normalized spacial score (nSPS) is 17.2. The van der Waals surface area contributed by atoms with Crippen molar-refractivity contribution in [2.45, 2.75) is 16.2 Å². The number of benzene rings is 8. The lowest BCUT2D eigenvalue weighted by atomic mass is 9.43. The summed E-state index contributed by atoms with van der Waals surface area (Å²) in [6, 6.07) is 60.6. The molecular formula is C48H29BN2OS. The molecule has 0 bridgehead atoms. The maximum Gasteiger partial charge on any atom is 0.333 e. The molecule has 9 aromatic rings. The van der Waals surface area contributed by atoms with Crippen molar-refractivity contribution in [1.82, 2.24) is 0 Å². The maximum absolute atomic E-state index is 6.84. The molecule has 13 rings (SSSR count). The van der Waals surface area contributed by atoms with Gasteiger partial charge in [-0.3, -0.25) is 0 Å². The van der Waals surface area contributed by atoms with Gasteiger partial charge in [0.15, 0.2) is 0 Å². The van der Waals surface area contributed by atoms with E-state index in [1.165, 1.54) is 93.5 Å². The quantitative estimate of drug-likeness (QED) is 0.168. The molecule has 1 aromatic heterocycles. The van der Waals surface area contributed by atoms with E-state index in [-0.39, 0.29) is 18.1 Å². The molecule has 2 unspecified atom stereocenters. The number of para-hydroxylation sites is 2. The van der Waals surface area contributed by atoms with Crippen molar-refractivity contribution in [2.24, 2.45) is 0 Å². The van der Waals surface area contributed by atoms with Crippen molar-refractivity contribution in [1.29, 1.82) is 0 Å². The minimum atomic E-state index is -0.0421. The molecule has 4 aliphatic rings. The summed E-state index contributed by atoms with van der Waals surface area (Å²) in [6.07, 6.45) is 0. The van der Waals surface area contributed by atoms with Crippen molar-refractivity contribution in [2.75, 3.05) is 9.71 Å². The summed E-state index contributed by atoms with van der Waals surface area (Å²) in [5.74, 6) is 0.275. The van der Waals surface area contributed by atoms with Gasteiger partial charge in [0, 0.05) is 38.8 Å². The lowest BCUT2D eigenvalue weighted by Gasteiger charge is -2.46. The van der Waals surface area contributed by atoms with Crippen LogP contribution < -0.4 is 20.6 Å². The van der Waals surface area contributed by atoms with Crippen molar-refractivity contribution in [3.63, 3.8) is 0 Å². The summed E-state index contributed by atoms with van der Waals surface area (Å²) in [6.45, 7) is -0.0421. The van der Waals surface area contributed by atoms with E-state index in [2.05, 4.69) is 174 Å². The first-order valence-corrected chi connectivity index (χ1v) is 19.3. The second kappa shape index (κ2) is 10.2. The number of fused-ring (bicyclic) bond motifs is 15. The first kappa shape index (κ1) is 28.4. The minimum Gasteiger partial charge on any atom is -0.456 e. The Morgan fingerprint density at radius 2 is 1.34 bits per heavy atom. The highest BCUT2D eigenvalue weighted by Gasteiger charge is 2.54.